The summed E-state index contributed by atoms with van der Waals surface area (Å²) in [6.45, 7) is 2.39. The summed E-state index contributed by atoms with van der Waals surface area (Å²) < 4.78 is 9.96. The molecule has 3 aromatic carbocycles. The lowest BCUT2D eigenvalue weighted by Gasteiger charge is -2.21. The Morgan fingerprint density at radius 1 is 0.935 bits per heavy atom. The highest BCUT2D eigenvalue weighted by atomic mass is 35.5. The molecule has 0 bridgehead atoms. The first-order valence-corrected chi connectivity index (χ1v) is 10.8. The molecule has 3 aromatic rings. The van der Waals surface area contributed by atoms with E-state index in [1.54, 1.807) is 24.3 Å². The number of hydrogen-bond donors (Lipinski definition) is 0. The molecule has 1 fully saturated rings. The maximum atomic E-state index is 12.3. The average Bonchev–Trinajstić information content (AvgIpc) is 3.26. The van der Waals surface area contributed by atoms with Gasteiger partial charge in [0.15, 0.2) is 0 Å². The van der Waals surface area contributed by atoms with Crippen molar-refractivity contribution in [2.24, 2.45) is 5.92 Å². The minimum atomic E-state index is -1.53. The van der Waals surface area contributed by atoms with Crippen molar-refractivity contribution in [1.29, 1.82) is 0 Å². The van der Waals surface area contributed by atoms with Crippen molar-refractivity contribution in [2.75, 3.05) is 6.61 Å². The molecule has 160 valence electrons. The summed E-state index contributed by atoms with van der Waals surface area (Å²) in [6.07, 6.45) is 0.317. The number of carboxylic acid groups (broad SMARTS) is 1. The van der Waals surface area contributed by atoms with Crippen LogP contribution in [0.5, 0.6) is 17.2 Å². The Hall–Kier alpha value is -2.69. The van der Waals surface area contributed by atoms with E-state index in [0.29, 0.717) is 35.8 Å². The minimum absolute atomic E-state index is 0.317. The van der Waals surface area contributed by atoms with Crippen LogP contribution in [0.1, 0.15) is 18.1 Å². The molecule has 1 saturated carbocycles. The predicted octanol–water partition coefficient (Wildman–Crippen LogP) is 4.91. The zero-order valence-corrected chi connectivity index (χ0v) is 18.4. The van der Waals surface area contributed by atoms with E-state index in [1.807, 2.05) is 61.5 Å². The van der Waals surface area contributed by atoms with Crippen LogP contribution in [0.4, 0.5) is 0 Å². The monoisotopic (exact) mass is 455 g/mol. The number of alkyl halides is 2. The largest absolute Gasteiger partial charge is 0.549 e. The zero-order valence-electron chi connectivity index (χ0n) is 16.9. The highest BCUT2D eigenvalue weighted by Crippen LogP contribution is 2.70. The Balaban J connectivity index is 1.65. The summed E-state index contributed by atoms with van der Waals surface area (Å²) >= 11 is 13.2. The van der Waals surface area contributed by atoms with Crippen LogP contribution in [0.3, 0.4) is 0 Å². The molecule has 0 aliphatic heterocycles. The molecule has 6 heteroatoms. The average molecular weight is 456 g/mol. The van der Waals surface area contributed by atoms with Gasteiger partial charge in [0.2, 0.25) is 0 Å². The topological polar surface area (TPSA) is 58.6 Å². The summed E-state index contributed by atoms with van der Waals surface area (Å²) in [6, 6.07) is 23.7. The van der Waals surface area contributed by atoms with Gasteiger partial charge in [-0.15, -0.1) is 0 Å². The minimum Gasteiger partial charge on any atom is -0.549 e. The van der Waals surface area contributed by atoms with E-state index in [2.05, 4.69) is 0 Å². The molecule has 4 rings (SSSR count). The molecule has 0 aromatic heterocycles. The van der Waals surface area contributed by atoms with E-state index < -0.39 is 21.6 Å². The number of carbonyl (C=O) groups is 1. The first kappa shape index (κ1) is 21.5. The van der Waals surface area contributed by atoms with Gasteiger partial charge >= 0.3 is 0 Å². The third-order valence-corrected chi connectivity index (χ3v) is 6.84. The highest BCUT2D eigenvalue weighted by molar-refractivity contribution is 6.54. The second-order valence-electron chi connectivity index (χ2n) is 7.46. The van der Waals surface area contributed by atoms with Crippen molar-refractivity contribution in [3.05, 3.63) is 90.0 Å². The Morgan fingerprint density at radius 2 is 1.58 bits per heavy atom. The first-order valence-electron chi connectivity index (χ1n) is 10.0. The maximum absolute atomic E-state index is 12.3. The van der Waals surface area contributed by atoms with E-state index >= 15 is 0 Å². The summed E-state index contributed by atoms with van der Waals surface area (Å²) in [5.74, 6) is 0.0725. The molecule has 0 radical (unpaired) electrons. The van der Waals surface area contributed by atoms with Gasteiger partial charge < -0.3 is 19.4 Å². The summed E-state index contributed by atoms with van der Waals surface area (Å²) in [5, 5.41) is 12.3. The van der Waals surface area contributed by atoms with E-state index in [4.69, 9.17) is 32.7 Å². The SMILES string of the molecule is CCOc1ccc(C2(C(=O)[O-])C(Cc3ccccc3Oc3ccccc3)C2(Cl)Cl)cc1. The maximum Gasteiger partial charge on any atom is 0.137 e. The van der Waals surface area contributed by atoms with E-state index in [0.717, 1.165) is 5.56 Å². The number of halogens is 2. The van der Waals surface area contributed by atoms with Crippen molar-refractivity contribution in [2.45, 2.75) is 23.1 Å². The van der Waals surface area contributed by atoms with Gasteiger partial charge in [-0.25, -0.2) is 0 Å². The fourth-order valence-corrected chi connectivity index (χ4v) is 5.14. The second-order valence-corrected chi connectivity index (χ2v) is 8.84. The third kappa shape index (κ3) is 3.75. The number of carboxylic acids is 1. The van der Waals surface area contributed by atoms with Gasteiger partial charge in [0.05, 0.1) is 18.0 Å². The van der Waals surface area contributed by atoms with Gasteiger partial charge in [-0.2, -0.15) is 0 Å². The Kier molecular flexibility index (Phi) is 5.87. The van der Waals surface area contributed by atoms with Crippen LogP contribution in [0.25, 0.3) is 0 Å². The third-order valence-electron chi connectivity index (χ3n) is 5.71. The molecule has 0 amide bonds. The van der Waals surface area contributed by atoms with Gasteiger partial charge in [0.1, 0.15) is 21.6 Å². The number of aliphatic carboxylic acids is 1. The van der Waals surface area contributed by atoms with Crippen LogP contribution >= 0.6 is 23.2 Å². The van der Waals surface area contributed by atoms with Crippen molar-refractivity contribution >= 4 is 29.2 Å². The number of benzene rings is 3. The molecule has 2 atom stereocenters. The fourth-order valence-electron chi connectivity index (χ4n) is 4.13. The van der Waals surface area contributed by atoms with Crippen molar-refractivity contribution in [1.82, 2.24) is 0 Å². The molecule has 0 saturated heterocycles. The van der Waals surface area contributed by atoms with E-state index in [1.165, 1.54) is 0 Å². The standard InChI is InChI=1S/C25H22Cl2O4/c1-2-30-19-14-12-18(13-15-19)24(23(28)29)22(25(24,26)27)16-17-8-6-7-11-21(17)31-20-9-4-3-5-10-20/h3-15,22H,2,16H2,1H3,(H,28,29)/p-1. The molecule has 4 nitrogen and oxygen atoms in total. The molecular formula is C25H21Cl2O4-. The molecule has 1 aliphatic carbocycles. The number of carbonyl (C=O) groups excluding carboxylic acids is 1. The Bertz CT molecular complexity index is 1070. The molecule has 1 aliphatic rings. The summed E-state index contributed by atoms with van der Waals surface area (Å²) in [7, 11) is 0. The quantitative estimate of drug-likeness (QED) is 0.452. The van der Waals surface area contributed by atoms with Gasteiger partial charge in [-0.3, -0.25) is 0 Å². The zero-order chi connectivity index (χ0) is 22.1. The Morgan fingerprint density at radius 3 is 2.23 bits per heavy atom. The molecule has 2 unspecified atom stereocenters. The van der Waals surface area contributed by atoms with Crippen LogP contribution < -0.4 is 14.6 Å². The second kappa shape index (κ2) is 8.45. The van der Waals surface area contributed by atoms with E-state index in [9.17, 15) is 9.90 Å². The van der Waals surface area contributed by atoms with Crippen LogP contribution in [0.2, 0.25) is 0 Å². The van der Waals surface area contributed by atoms with Gasteiger partial charge in [0, 0.05) is 5.92 Å². The molecule has 0 heterocycles. The molecule has 0 spiro atoms. The van der Waals surface area contributed by atoms with Gasteiger partial charge in [-0.05, 0) is 54.8 Å². The first-order chi connectivity index (χ1) is 14.9. The molecular weight excluding hydrogens is 435 g/mol. The molecule has 31 heavy (non-hydrogen) atoms. The fraction of sp³-hybridized carbons (Fsp3) is 0.240. The van der Waals surface area contributed by atoms with Crippen LogP contribution in [-0.2, 0) is 16.6 Å². The van der Waals surface area contributed by atoms with E-state index in [-0.39, 0.29) is 0 Å². The van der Waals surface area contributed by atoms with Crippen LogP contribution in [0.15, 0.2) is 78.9 Å². The van der Waals surface area contributed by atoms with Crippen LogP contribution in [-0.4, -0.2) is 16.9 Å². The van der Waals surface area contributed by atoms with Gasteiger partial charge in [-0.1, -0.05) is 71.7 Å². The highest BCUT2D eigenvalue weighted by Gasteiger charge is 2.77. The lowest BCUT2D eigenvalue weighted by atomic mass is 9.91. The normalized spacial score (nSPS) is 21.3. The number of rotatable bonds is 8. The lowest BCUT2D eigenvalue weighted by Crippen LogP contribution is -2.40. The van der Waals surface area contributed by atoms with Crippen molar-refractivity contribution < 1.29 is 19.4 Å². The van der Waals surface area contributed by atoms with Crippen molar-refractivity contribution in [3.63, 3.8) is 0 Å². The number of ether oxygens (including phenoxy) is 2. The number of para-hydroxylation sites is 2. The summed E-state index contributed by atoms with van der Waals surface area (Å²) in [5.41, 5.74) is -0.218. The van der Waals surface area contributed by atoms with Gasteiger partial charge in [0.25, 0.3) is 0 Å². The van der Waals surface area contributed by atoms with Crippen molar-refractivity contribution in [3.8, 4) is 17.2 Å². The molecule has 0 N–H and O–H groups in total. The summed E-state index contributed by atoms with van der Waals surface area (Å²) in [4.78, 5) is 12.3. The van der Waals surface area contributed by atoms with Crippen LogP contribution in [0, 0.1) is 5.92 Å². The smallest absolute Gasteiger partial charge is 0.137 e. The lowest BCUT2D eigenvalue weighted by molar-refractivity contribution is -0.310. The predicted molar refractivity (Wildman–Crippen MR) is 119 cm³/mol. The number of hydrogen-bond acceptors (Lipinski definition) is 4. The Labute approximate surface area is 191 Å².